The van der Waals surface area contributed by atoms with Crippen LogP contribution in [0.4, 0.5) is 0 Å². The van der Waals surface area contributed by atoms with Crippen molar-refractivity contribution < 1.29 is 0 Å². The van der Waals surface area contributed by atoms with Crippen molar-refractivity contribution in [2.24, 2.45) is 0 Å². The van der Waals surface area contributed by atoms with Crippen LogP contribution in [0.2, 0.25) is 0 Å². The van der Waals surface area contributed by atoms with Gasteiger partial charge in [0.1, 0.15) is 5.69 Å². The van der Waals surface area contributed by atoms with Crippen LogP contribution in [0.15, 0.2) is 29.5 Å². The van der Waals surface area contributed by atoms with E-state index in [9.17, 15) is 4.79 Å². The Morgan fingerprint density at radius 2 is 2.00 bits per heavy atom. The molecule has 1 unspecified atom stereocenters. The number of rotatable bonds is 2. The van der Waals surface area contributed by atoms with Crippen LogP contribution in [0.3, 0.4) is 0 Å². The Morgan fingerprint density at radius 3 is 2.79 bits per heavy atom. The van der Waals surface area contributed by atoms with Crippen LogP contribution in [0.5, 0.6) is 0 Å². The number of imidazole rings is 1. The predicted molar refractivity (Wildman–Crippen MR) is 107 cm³/mol. The number of nitrogens with zero attached hydrogens (tertiary/aromatic N) is 6. The molecule has 1 N–H and O–H groups in total. The van der Waals surface area contributed by atoms with Crippen molar-refractivity contribution in [2.45, 2.75) is 33.2 Å². The highest BCUT2D eigenvalue weighted by atomic mass is 16.1. The Bertz CT molecular complexity index is 1280. The van der Waals surface area contributed by atoms with E-state index < -0.39 is 0 Å². The zero-order valence-electron chi connectivity index (χ0n) is 16.1. The van der Waals surface area contributed by atoms with Crippen LogP contribution in [0, 0.1) is 20.8 Å². The summed E-state index contributed by atoms with van der Waals surface area (Å²) in [6.45, 7) is 7.67. The van der Waals surface area contributed by atoms with Gasteiger partial charge >= 0.3 is 0 Å². The molecule has 4 aromatic rings. The van der Waals surface area contributed by atoms with E-state index in [2.05, 4.69) is 20.4 Å². The molecule has 1 saturated heterocycles. The number of aryl methyl sites for hydroxylation is 3. The molecule has 28 heavy (non-hydrogen) atoms. The second-order valence-electron chi connectivity index (χ2n) is 7.49. The highest BCUT2D eigenvalue weighted by Gasteiger charge is 2.20. The lowest BCUT2D eigenvalue weighted by Gasteiger charge is -2.15. The van der Waals surface area contributed by atoms with Gasteiger partial charge in [0, 0.05) is 18.9 Å². The largest absolute Gasteiger partial charge is 0.315 e. The van der Waals surface area contributed by atoms with E-state index in [-0.39, 0.29) is 11.6 Å². The molecule has 0 aromatic carbocycles. The molecule has 4 aromatic heterocycles. The summed E-state index contributed by atoms with van der Waals surface area (Å²) >= 11 is 0. The van der Waals surface area contributed by atoms with Crippen LogP contribution in [-0.4, -0.2) is 42.2 Å². The smallest absolute Gasteiger partial charge is 0.261 e. The first-order valence-corrected chi connectivity index (χ1v) is 9.44. The van der Waals surface area contributed by atoms with Crippen molar-refractivity contribution in [2.75, 3.05) is 13.1 Å². The molecule has 5 heterocycles. The Balaban J connectivity index is 1.67. The Labute approximate surface area is 161 Å². The molecule has 8 nitrogen and oxygen atoms in total. The molecule has 0 spiro atoms. The van der Waals surface area contributed by atoms with Crippen molar-refractivity contribution in [3.8, 4) is 11.5 Å². The van der Waals surface area contributed by atoms with Crippen LogP contribution >= 0.6 is 0 Å². The fourth-order valence-corrected chi connectivity index (χ4v) is 3.93. The molecule has 1 aliphatic rings. The topological polar surface area (TPSA) is 90.0 Å². The lowest BCUT2D eigenvalue weighted by Crippen LogP contribution is -2.26. The van der Waals surface area contributed by atoms with Gasteiger partial charge in [0.2, 0.25) is 0 Å². The molecule has 1 fully saturated rings. The summed E-state index contributed by atoms with van der Waals surface area (Å²) in [4.78, 5) is 26.6. The number of hydrogen-bond acceptors (Lipinski definition) is 6. The van der Waals surface area contributed by atoms with E-state index in [0.717, 1.165) is 42.0 Å². The molecule has 0 amide bonds. The van der Waals surface area contributed by atoms with E-state index >= 15 is 0 Å². The minimum absolute atomic E-state index is 0.0364. The van der Waals surface area contributed by atoms with Crippen LogP contribution < -0.4 is 10.9 Å². The monoisotopic (exact) mass is 375 g/mol. The summed E-state index contributed by atoms with van der Waals surface area (Å²) in [6, 6.07) is 2.12. The van der Waals surface area contributed by atoms with Crippen molar-refractivity contribution in [1.29, 1.82) is 0 Å². The minimum Gasteiger partial charge on any atom is -0.315 e. The van der Waals surface area contributed by atoms with Gasteiger partial charge in [-0.3, -0.25) is 4.79 Å². The number of pyridine rings is 1. The van der Waals surface area contributed by atoms with Gasteiger partial charge in [-0.1, -0.05) is 0 Å². The van der Waals surface area contributed by atoms with Crippen molar-refractivity contribution in [3.63, 3.8) is 0 Å². The molecule has 1 atom stereocenters. The number of hydrogen-bond donors (Lipinski definition) is 1. The average molecular weight is 375 g/mol. The van der Waals surface area contributed by atoms with Crippen molar-refractivity contribution in [3.05, 3.63) is 51.8 Å². The Kier molecular flexibility index (Phi) is 3.77. The summed E-state index contributed by atoms with van der Waals surface area (Å²) in [6.07, 6.45) is 6.39. The highest BCUT2D eigenvalue weighted by Crippen LogP contribution is 2.22. The van der Waals surface area contributed by atoms with Gasteiger partial charge in [-0.05, 0) is 50.9 Å². The van der Waals surface area contributed by atoms with E-state index in [1.165, 1.54) is 0 Å². The van der Waals surface area contributed by atoms with Crippen LogP contribution in [0.1, 0.15) is 29.3 Å². The van der Waals surface area contributed by atoms with Gasteiger partial charge in [-0.25, -0.2) is 19.5 Å². The highest BCUT2D eigenvalue weighted by molar-refractivity contribution is 5.81. The SMILES string of the molecule is Cc1cn2nc(-c3ncc4c(=O)n(C5CCNC5)cc(C)c4n3)cc(C)c2n1. The van der Waals surface area contributed by atoms with Crippen molar-refractivity contribution in [1.82, 2.24) is 34.4 Å². The maximum atomic E-state index is 13.0. The second-order valence-corrected chi connectivity index (χ2v) is 7.49. The number of aromatic nitrogens is 6. The lowest BCUT2D eigenvalue weighted by atomic mass is 10.1. The molecule has 142 valence electrons. The minimum atomic E-state index is -0.0364. The summed E-state index contributed by atoms with van der Waals surface area (Å²) in [7, 11) is 0. The van der Waals surface area contributed by atoms with Gasteiger partial charge in [0.05, 0.1) is 28.8 Å². The first-order valence-electron chi connectivity index (χ1n) is 9.44. The van der Waals surface area contributed by atoms with E-state index in [4.69, 9.17) is 4.98 Å². The molecule has 1 aliphatic heterocycles. The van der Waals surface area contributed by atoms with Gasteiger partial charge in [0.15, 0.2) is 11.5 Å². The third-order valence-electron chi connectivity index (χ3n) is 5.35. The predicted octanol–water partition coefficient (Wildman–Crippen LogP) is 1.96. The fraction of sp³-hybridized carbons (Fsp3) is 0.350. The van der Waals surface area contributed by atoms with Gasteiger partial charge in [-0.15, -0.1) is 0 Å². The zero-order chi connectivity index (χ0) is 19.4. The summed E-state index contributed by atoms with van der Waals surface area (Å²) in [5.41, 5.74) is 5.00. The summed E-state index contributed by atoms with van der Waals surface area (Å²) < 4.78 is 3.58. The average Bonchev–Trinajstić information content (AvgIpc) is 3.33. The molecular weight excluding hydrogens is 354 g/mol. The van der Waals surface area contributed by atoms with Crippen LogP contribution in [-0.2, 0) is 0 Å². The van der Waals surface area contributed by atoms with Gasteiger partial charge in [-0.2, -0.15) is 5.10 Å². The first-order chi connectivity index (χ1) is 13.5. The Morgan fingerprint density at radius 1 is 1.14 bits per heavy atom. The lowest BCUT2D eigenvalue weighted by molar-refractivity contribution is 0.531. The third kappa shape index (κ3) is 2.60. The normalized spacial score (nSPS) is 17.0. The Hall–Kier alpha value is -3.13. The van der Waals surface area contributed by atoms with E-state index in [1.807, 2.05) is 43.8 Å². The molecular formula is C20H21N7O. The van der Waals surface area contributed by atoms with Crippen molar-refractivity contribution >= 4 is 16.6 Å². The van der Waals surface area contributed by atoms with Gasteiger partial charge < -0.3 is 9.88 Å². The van der Waals surface area contributed by atoms with Gasteiger partial charge in [0.25, 0.3) is 5.56 Å². The quantitative estimate of drug-likeness (QED) is 0.576. The molecule has 0 aliphatic carbocycles. The molecule has 8 heteroatoms. The third-order valence-corrected chi connectivity index (χ3v) is 5.35. The summed E-state index contributed by atoms with van der Waals surface area (Å²) in [5, 5.41) is 8.46. The molecule has 0 bridgehead atoms. The second kappa shape index (κ2) is 6.20. The van der Waals surface area contributed by atoms with E-state index in [1.54, 1.807) is 10.7 Å². The molecule has 0 radical (unpaired) electrons. The molecule has 5 rings (SSSR count). The zero-order valence-corrected chi connectivity index (χ0v) is 16.1. The number of fused-ring (bicyclic) bond motifs is 2. The molecule has 0 saturated carbocycles. The first kappa shape index (κ1) is 17.0. The standard InChI is InChI=1S/C20H21N7O/c1-11-6-16(25-27-10-13(3)23-19(11)27)18-22-8-15-17(24-18)12(2)9-26(20(15)28)14-4-5-21-7-14/h6,8-10,14,21H,4-5,7H2,1-3H3. The van der Waals surface area contributed by atoms with E-state index in [0.29, 0.717) is 22.4 Å². The maximum Gasteiger partial charge on any atom is 0.261 e. The maximum absolute atomic E-state index is 13.0. The number of nitrogens with one attached hydrogen (secondary N) is 1. The van der Waals surface area contributed by atoms with Crippen LogP contribution in [0.25, 0.3) is 28.1 Å². The fourth-order valence-electron chi connectivity index (χ4n) is 3.93. The summed E-state index contributed by atoms with van der Waals surface area (Å²) in [5.74, 6) is 0.506.